The van der Waals surface area contributed by atoms with E-state index in [1.807, 2.05) is 0 Å². The van der Waals surface area contributed by atoms with Gasteiger partial charge in [-0.3, -0.25) is 0 Å². The molecule has 1 aromatic heterocycles. The Morgan fingerprint density at radius 1 is 0.938 bits per heavy atom. The number of rotatable bonds is 12. The van der Waals surface area contributed by atoms with Crippen molar-refractivity contribution in [2.24, 2.45) is 0 Å². The van der Waals surface area contributed by atoms with Gasteiger partial charge in [-0.1, -0.05) is 77.8 Å². The molecule has 2 nitrogen and oxygen atoms in total. The number of thiophene rings is 1. The van der Waals surface area contributed by atoms with Gasteiger partial charge in [0.1, 0.15) is 5.75 Å². The Morgan fingerprint density at radius 2 is 1.53 bits per heavy atom. The molecule has 1 aromatic carbocycles. The molecular weight excluding hydrogens is 426 g/mol. The van der Waals surface area contributed by atoms with Gasteiger partial charge in [-0.25, -0.2) is 0 Å². The van der Waals surface area contributed by atoms with Gasteiger partial charge in [-0.05, 0) is 55.1 Å². The van der Waals surface area contributed by atoms with Crippen molar-refractivity contribution in [2.45, 2.75) is 78.8 Å². The monoisotopic (exact) mass is 469 g/mol. The van der Waals surface area contributed by atoms with Crippen LogP contribution in [0.2, 0.25) is 13.1 Å². The zero-order chi connectivity index (χ0) is 23.6. The van der Waals surface area contributed by atoms with Crippen LogP contribution in [0.25, 0.3) is 12.2 Å². The smallest absolute Gasteiger partial charge is 0.229 e. The van der Waals surface area contributed by atoms with E-state index in [-0.39, 0.29) is 5.41 Å². The minimum absolute atomic E-state index is 0.0687. The number of benzene rings is 1. The summed E-state index contributed by atoms with van der Waals surface area (Å²) in [6.45, 7) is 18.1. The number of allylic oxidation sites excluding steroid dienone is 2. The molecule has 0 aliphatic carbocycles. The second-order valence-electron chi connectivity index (χ2n) is 9.76. The van der Waals surface area contributed by atoms with Crippen LogP contribution in [0.1, 0.15) is 76.3 Å². The van der Waals surface area contributed by atoms with Crippen molar-refractivity contribution in [1.29, 1.82) is 0 Å². The Hall–Kier alpha value is -1.78. The van der Waals surface area contributed by atoms with E-state index in [9.17, 15) is 0 Å². The van der Waals surface area contributed by atoms with E-state index in [2.05, 4.69) is 107 Å². The first kappa shape index (κ1) is 26.5. The predicted octanol–water partition coefficient (Wildman–Crippen LogP) is 8.54. The van der Waals surface area contributed by atoms with E-state index in [0.717, 1.165) is 18.8 Å². The van der Waals surface area contributed by atoms with Gasteiger partial charge in [0.25, 0.3) is 0 Å². The highest BCUT2D eigenvalue weighted by atomic mass is 32.1. The van der Waals surface area contributed by atoms with Crippen molar-refractivity contribution in [1.82, 2.24) is 0 Å². The van der Waals surface area contributed by atoms with Crippen LogP contribution in [-0.4, -0.2) is 22.1 Å². The van der Waals surface area contributed by atoms with E-state index in [1.165, 1.54) is 47.4 Å². The molecular formula is C28H43NOSSi. The third-order valence-electron chi connectivity index (χ3n) is 5.37. The maximum atomic E-state index is 6.20. The van der Waals surface area contributed by atoms with Crippen molar-refractivity contribution in [3.05, 3.63) is 57.8 Å². The molecule has 1 heterocycles. The molecule has 2 rings (SSSR count). The zero-order valence-corrected chi connectivity index (χ0v) is 23.3. The normalized spacial score (nSPS) is 12.4. The molecule has 0 spiro atoms. The quantitative estimate of drug-likeness (QED) is 0.228. The van der Waals surface area contributed by atoms with Crippen LogP contribution in [0.15, 0.2) is 41.8 Å². The van der Waals surface area contributed by atoms with E-state index >= 15 is 0 Å². The number of unbranched alkanes of at least 4 members (excludes halogenated alkanes) is 2. The van der Waals surface area contributed by atoms with E-state index in [4.69, 9.17) is 4.43 Å². The van der Waals surface area contributed by atoms with E-state index in [1.54, 1.807) is 11.3 Å². The summed E-state index contributed by atoms with van der Waals surface area (Å²) in [6.07, 6.45) is 13.7. The highest BCUT2D eigenvalue weighted by molar-refractivity contribution is 7.11. The van der Waals surface area contributed by atoms with Crippen LogP contribution >= 0.6 is 11.3 Å². The van der Waals surface area contributed by atoms with Crippen LogP contribution in [0.4, 0.5) is 5.69 Å². The molecule has 0 N–H and O–H groups in total. The second-order valence-corrected chi connectivity index (χ2v) is 13.0. The van der Waals surface area contributed by atoms with Gasteiger partial charge in [0.15, 0.2) is 0 Å². The van der Waals surface area contributed by atoms with Crippen molar-refractivity contribution in [3.8, 4) is 5.75 Å². The molecule has 0 radical (unpaired) electrons. The van der Waals surface area contributed by atoms with Gasteiger partial charge in [0, 0.05) is 34.6 Å². The maximum absolute atomic E-state index is 6.20. The summed E-state index contributed by atoms with van der Waals surface area (Å²) >= 11 is 1.78. The topological polar surface area (TPSA) is 12.5 Å². The minimum atomic E-state index is -1.12. The fourth-order valence-electron chi connectivity index (χ4n) is 3.73. The largest absolute Gasteiger partial charge is 0.546 e. The summed E-state index contributed by atoms with van der Waals surface area (Å²) in [5, 5.41) is 2.18. The average Bonchev–Trinajstić information content (AvgIpc) is 3.14. The number of hydrogen-bond acceptors (Lipinski definition) is 3. The van der Waals surface area contributed by atoms with Crippen molar-refractivity contribution >= 4 is 38.2 Å². The molecule has 0 atom stereocenters. The number of nitrogens with zero attached hydrogens (tertiary/aromatic N) is 1. The van der Waals surface area contributed by atoms with Gasteiger partial charge in [-0.15, -0.1) is 11.3 Å². The Balaban J connectivity index is 2.09. The molecule has 0 unspecified atom stereocenters. The summed E-state index contributed by atoms with van der Waals surface area (Å²) < 4.78 is 6.20. The van der Waals surface area contributed by atoms with Crippen LogP contribution in [0.3, 0.4) is 0 Å². The SMILES string of the molecule is CCCCN(CCCC)c1ccc(C=CC=Cc2scc(O[SiH](C)C)c2C(C)(C)C)cc1. The first-order chi connectivity index (χ1) is 15.3. The Morgan fingerprint density at radius 3 is 2.06 bits per heavy atom. The first-order valence-electron chi connectivity index (χ1n) is 12.2. The van der Waals surface area contributed by atoms with E-state index < -0.39 is 9.04 Å². The molecule has 32 heavy (non-hydrogen) atoms. The van der Waals surface area contributed by atoms with Crippen molar-refractivity contribution in [2.75, 3.05) is 18.0 Å². The molecule has 0 amide bonds. The van der Waals surface area contributed by atoms with Crippen LogP contribution in [0, 0.1) is 0 Å². The third-order valence-corrected chi connectivity index (χ3v) is 7.02. The third kappa shape index (κ3) is 8.29. The standard InChI is InChI=1S/C28H43NOSSi/c1-8-10-20-29(21-11-9-2)24-18-16-23(17-19-24)14-12-13-15-26-27(28(3,4)5)25(22-31-26)30-32(6)7/h12-19,22,32H,8-11,20-21H2,1-7H3. The molecule has 0 saturated heterocycles. The molecule has 0 aliphatic heterocycles. The first-order valence-corrected chi connectivity index (χ1v) is 15.9. The van der Waals surface area contributed by atoms with Crippen molar-refractivity contribution < 1.29 is 4.43 Å². The Kier molecular flexibility index (Phi) is 10.8. The van der Waals surface area contributed by atoms with Gasteiger partial charge < -0.3 is 9.33 Å². The zero-order valence-electron chi connectivity index (χ0n) is 21.3. The van der Waals surface area contributed by atoms with Gasteiger partial charge in [0.2, 0.25) is 9.04 Å². The predicted molar refractivity (Wildman–Crippen MR) is 149 cm³/mol. The van der Waals surface area contributed by atoms with Gasteiger partial charge in [-0.2, -0.15) is 0 Å². The summed E-state index contributed by atoms with van der Waals surface area (Å²) in [5.74, 6) is 1.08. The molecule has 0 bridgehead atoms. The fraction of sp³-hybridized carbons (Fsp3) is 0.500. The minimum Gasteiger partial charge on any atom is -0.546 e. The summed E-state index contributed by atoms with van der Waals surface area (Å²) in [4.78, 5) is 3.83. The Labute approximate surface area is 202 Å². The summed E-state index contributed by atoms with van der Waals surface area (Å²) in [5.41, 5.74) is 3.98. The molecule has 4 heteroatoms. The van der Waals surface area contributed by atoms with Gasteiger partial charge in [0.05, 0.1) is 0 Å². The molecule has 0 saturated carbocycles. The lowest BCUT2D eigenvalue weighted by Gasteiger charge is -2.24. The van der Waals surface area contributed by atoms with Crippen LogP contribution in [-0.2, 0) is 5.41 Å². The highest BCUT2D eigenvalue weighted by Gasteiger charge is 2.24. The average molecular weight is 470 g/mol. The molecule has 176 valence electrons. The van der Waals surface area contributed by atoms with Gasteiger partial charge >= 0.3 is 0 Å². The lowest BCUT2D eigenvalue weighted by molar-refractivity contribution is 0.524. The lowest BCUT2D eigenvalue weighted by Crippen LogP contribution is -2.25. The molecule has 0 fully saturated rings. The van der Waals surface area contributed by atoms with Crippen LogP contribution in [0.5, 0.6) is 5.75 Å². The molecule has 0 aliphatic rings. The number of hydrogen-bond donors (Lipinski definition) is 0. The molecule has 2 aromatic rings. The summed E-state index contributed by atoms with van der Waals surface area (Å²) in [6, 6.07) is 9.00. The van der Waals surface area contributed by atoms with Crippen molar-refractivity contribution in [3.63, 3.8) is 0 Å². The summed E-state index contributed by atoms with van der Waals surface area (Å²) in [7, 11) is -1.12. The fourth-order valence-corrected chi connectivity index (χ4v) is 5.61. The highest BCUT2D eigenvalue weighted by Crippen LogP contribution is 2.40. The lowest BCUT2D eigenvalue weighted by atomic mass is 9.86. The van der Waals surface area contributed by atoms with E-state index in [0.29, 0.717) is 0 Å². The maximum Gasteiger partial charge on any atom is 0.229 e. The Bertz CT molecular complexity index is 851. The van der Waals surface area contributed by atoms with Crippen LogP contribution < -0.4 is 9.33 Å². The second kappa shape index (κ2) is 13.1. The number of anilines is 1.